The Morgan fingerprint density at radius 3 is 2.54 bits per heavy atom. The van der Waals surface area contributed by atoms with Crippen LogP contribution in [0.15, 0.2) is 77.3 Å². The first kappa shape index (κ1) is 25.0. The van der Waals surface area contributed by atoms with Crippen LogP contribution in [0.25, 0.3) is 11.0 Å². The van der Waals surface area contributed by atoms with E-state index in [0.717, 1.165) is 46.5 Å². The lowest BCUT2D eigenvalue weighted by Crippen LogP contribution is -2.26. The molecule has 0 unspecified atom stereocenters. The number of para-hydroxylation sites is 3. The summed E-state index contributed by atoms with van der Waals surface area (Å²) in [5.74, 6) is 2.35. The van der Waals surface area contributed by atoms with Crippen LogP contribution in [-0.2, 0) is 13.0 Å². The number of unbranched alkanes of at least 4 members (excludes halogenated alkanes) is 1. The maximum Gasteiger partial charge on any atom is 0.251 e. The number of carbonyl (C=O) groups excluding carboxylic acids is 1. The molecule has 182 valence electrons. The number of benzene rings is 3. The van der Waals surface area contributed by atoms with Gasteiger partial charge in [0.15, 0.2) is 0 Å². The standard InChI is InChI=1S/C29H32BrN3O2/c1-21(2)24-9-3-6-12-27(24)35-20-8-7-19-33-26-11-5-4-10-25(26)32-28(33)17-18-31-29(34)22-13-15-23(30)16-14-22/h3-6,9-16,21H,7-8,17-20H2,1-2H3,(H,31,34). The first-order valence-electron chi connectivity index (χ1n) is 12.2. The van der Waals surface area contributed by atoms with Crippen molar-refractivity contribution in [2.24, 2.45) is 0 Å². The number of hydrogen-bond acceptors (Lipinski definition) is 3. The van der Waals surface area contributed by atoms with Crippen molar-refractivity contribution in [1.82, 2.24) is 14.9 Å². The first-order chi connectivity index (χ1) is 17.0. The second-order valence-electron chi connectivity index (χ2n) is 8.93. The highest BCUT2D eigenvalue weighted by molar-refractivity contribution is 9.10. The molecular formula is C29H32BrN3O2. The smallest absolute Gasteiger partial charge is 0.251 e. The largest absolute Gasteiger partial charge is 0.493 e. The Bertz CT molecular complexity index is 1260. The average molecular weight is 534 g/mol. The van der Waals surface area contributed by atoms with Crippen molar-refractivity contribution in [3.05, 3.63) is 94.2 Å². The van der Waals surface area contributed by atoms with Gasteiger partial charge in [0.1, 0.15) is 11.6 Å². The summed E-state index contributed by atoms with van der Waals surface area (Å²) < 4.78 is 9.34. The van der Waals surface area contributed by atoms with Gasteiger partial charge in [-0.2, -0.15) is 0 Å². The van der Waals surface area contributed by atoms with Gasteiger partial charge in [0.05, 0.1) is 17.6 Å². The van der Waals surface area contributed by atoms with Crippen LogP contribution in [0.1, 0.15) is 54.4 Å². The molecule has 4 rings (SSSR count). The average Bonchev–Trinajstić information content (AvgIpc) is 3.21. The summed E-state index contributed by atoms with van der Waals surface area (Å²) in [5, 5.41) is 3.02. The van der Waals surface area contributed by atoms with Crippen LogP contribution in [0.5, 0.6) is 5.75 Å². The molecule has 0 bridgehead atoms. The van der Waals surface area contributed by atoms with E-state index in [4.69, 9.17) is 9.72 Å². The molecule has 3 aromatic carbocycles. The third kappa shape index (κ3) is 6.51. The number of aromatic nitrogens is 2. The van der Waals surface area contributed by atoms with E-state index in [9.17, 15) is 4.79 Å². The number of ether oxygens (including phenoxy) is 1. The second kappa shape index (κ2) is 12.0. The fourth-order valence-corrected chi connectivity index (χ4v) is 4.46. The van der Waals surface area contributed by atoms with Gasteiger partial charge in [0, 0.05) is 29.5 Å². The summed E-state index contributed by atoms with van der Waals surface area (Å²) in [5.41, 5.74) is 4.03. The number of halogens is 1. The van der Waals surface area contributed by atoms with Crippen molar-refractivity contribution in [1.29, 1.82) is 0 Å². The molecule has 0 atom stereocenters. The molecule has 6 heteroatoms. The van der Waals surface area contributed by atoms with E-state index in [-0.39, 0.29) is 5.91 Å². The molecule has 1 amide bonds. The third-order valence-corrected chi connectivity index (χ3v) is 6.58. The lowest BCUT2D eigenvalue weighted by molar-refractivity contribution is 0.0954. The van der Waals surface area contributed by atoms with Gasteiger partial charge in [0.25, 0.3) is 5.91 Å². The van der Waals surface area contributed by atoms with E-state index < -0.39 is 0 Å². The van der Waals surface area contributed by atoms with E-state index in [0.29, 0.717) is 31.1 Å². The molecule has 5 nitrogen and oxygen atoms in total. The summed E-state index contributed by atoms with van der Waals surface area (Å²) in [6.07, 6.45) is 2.62. The van der Waals surface area contributed by atoms with E-state index in [1.807, 2.05) is 48.5 Å². The summed E-state index contributed by atoms with van der Waals surface area (Å²) in [4.78, 5) is 17.3. The van der Waals surface area contributed by atoms with E-state index in [1.54, 1.807) is 0 Å². The number of amides is 1. The molecule has 4 aromatic rings. The van der Waals surface area contributed by atoms with Gasteiger partial charge in [-0.3, -0.25) is 4.79 Å². The summed E-state index contributed by atoms with van der Waals surface area (Å²) >= 11 is 3.40. The maximum absolute atomic E-state index is 12.5. The van der Waals surface area contributed by atoms with Gasteiger partial charge < -0.3 is 14.6 Å². The molecule has 0 radical (unpaired) electrons. The Morgan fingerprint density at radius 1 is 1.00 bits per heavy atom. The Labute approximate surface area is 215 Å². The summed E-state index contributed by atoms with van der Waals surface area (Å²) in [6.45, 7) is 6.47. The zero-order chi connectivity index (χ0) is 24.6. The Balaban J connectivity index is 1.33. The zero-order valence-corrected chi connectivity index (χ0v) is 21.9. The molecule has 0 aliphatic carbocycles. The number of rotatable bonds is 11. The second-order valence-corrected chi connectivity index (χ2v) is 9.84. The Hall–Kier alpha value is -3.12. The topological polar surface area (TPSA) is 56.1 Å². The number of imidazole rings is 1. The van der Waals surface area contributed by atoms with Crippen LogP contribution >= 0.6 is 15.9 Å². The molecule has 0 saturated heterocycles. The predicted octanol–water partition coefficient (Wildman–Crippen LogP) is 6.75. The Morgan fingerprint density at radius 2 is 1.74 bits per heavy atom. The van der Waals surface area contributed by atoms with Crippen LogP contribution < -0.4 is 10.1 Å². The van der Waals surface area contributed by atoms with Crippen LogP contribution in [0.2, 0.25) is 0 Å². The molecule has 1 N–H and O–H groups in total. The van der Waals surface area contributed by atoms with Gasteiger partial charge in [0.2, 0.25) is 0 Å². The monoisotopic (exact) mass is 533 g/mol. The summed E-state index contributed by atoms with van der Waals surface area (Å²) in [6, 6.07) is 23.9. The van der Waals surface area contributed by atoms with Crippen molar-refractivity contribution in [3.63, 3.8) is 0 Å². The fourth-order valence-electron chi connectivity index (χ4n) is 4.20. The lowest BCUT2D eigenvalue weighted by atomic mass is 10.0. The number of hydrogen-bond donors (Lipinski definition) is 1. The van der Waals surface area contributed by atoms with E-state index in [1.165, 1.54) is 5.56 Å². The van der Waals surface area contributed by atoms with Gasteiger partial charge in [-0.05, 0) is 66.8 Å². The molecule has 1 heterocycles. The van der Waals surface area contributed by atoms with E-state index in [2.05, 4.69) is 63.9 Å². The molecule has 1 aromatic heterocycles. The molecular weight excluding hydrogens is 502 g/mol. The molecule has 35 heavy (non-hydrogen) atoms. The Kier molecular flexibility index (Phi) is 8.59. The lowest BCUT2D eigenvalue weighted by Gasteiger charge is -2.14. The van der Waals surface area contributed by atoms with Crippen molar-refractivity contribution in [2.75, 3.05) is 13.2 Å². The molecule has 0 aliphatic rings. The van der Waals surface area contributed by atoms with Crippen molar-refractivity contribution >= 4 is 32.9 Å². The predicted molar refractivity (Wildman–Crippen MR) is 145 cm³/mol. The highest BCUT2D eigenvalue weighted by Gasteiger charge is 2.12. The quantitative estimate of drug-likeness (QED) is 0.217. The maximum atomic E-state index is 12.5. The van der Waals surface area contributed by atoms with Crippen molar-refractivity contribution in [2.45, 2.75) is 45.6 Å². The minimum absolute atomic E-state index is 0.0704. The number of nitrogens with one attached hydrogen (secondary N) is 1. The minimum atomic E-state index is -0.0704. The van der Waals surface area contributed by atoms with Gasteiger partial charge in [-0.25, -0.2) is 4.98 Å². The number of nitrogens with zero attached hydrogens (tertiary/aromatic N) is 2. The SMILES string of the molecule is CC(C)c1ccccc1OCCCCn1c(CCNC(=O)c2ccc(Br)cc2)nc2ccccc21. The van der Waals surface area contributed by atoms with E-state index >= 15 is 0 Å². The number of fused-ring (bicyclic) bond motifs is 1. The third-order valence-electron chi connectivity index (χ3n) is 6.05. The highest BCUT2D eigenvalue weighted by Crippen LogP contribution is 2.26. The molecule has 0 fully saturated rings. The van der Waals surface area contributed by atoms with Gasteiger partial charge >= 0.3 is 0 Å². The van der Waals surface area contributed by atoms with Crippen LogP contribution in [0.4, 0.5) is 0 Å². The van der Waals surface area contributed by atoms with Gasteiger partial charge in [-0.1, -0.05) is 60.1 Å². The van der Waals surface area contributed by atoms with Crippen LogP contribution in [0, 0.1) is 0 Å². The molecule has 0 spiro atoms. The normalized spacial score (nSPS) is 11.2. The van der Waals surface area contributed by atoms with Crippen LogP contribution in [-0.4, -0.2) is 28.6 Å². The minimum Gasteiger partial charge on any atom is -0.493 e. The van der Waals surface area contributed by atoms with Gasteiger partial charge in [-0.15, -0.1) is 0 Å². The number of carbonyl (C=O) groups is 1. The summed E-state index contributed by atoms with van der Waals surface area (Å²) in [7, 11) is 0. The first-order valence-corrected chi connectivity index (χ1v) is 13.0. The van der Waals surface area contributed by atoms with Crippen LogP contribution in [0.3, 0.4) is 0 Å². The van der Waals surface area contributed by atoms with Crippen molar-refractivity contribution < 1.29 is 9.53 Å². The zero-order valence-electron chi connectivity index (χ0n) is 20.3. The molecule has 0 aliphatic heterocycles. The molecule has 0 saturated carbocycles. The fraction of sp³-hybridized carbons (Fsp3) is 0.310. The number of aryl methyl sites for hydroxylation is 1. The van der Waals surface area contributed by atoms with Crippen molar-refractivity contribution in [3.8, 4) is 5.75 Å². The highest BCUT2D eigenvalue weighted by atomic mass is 79.9.